The molecule has 0 aliphatic heterocycles. The highest BCUT2D eigenvalue weighted by molar-refractivity contribution is 5.97. The number of carbonyl (C=O) groups is 1. The molecular formula is C16H11F3O3. The van der Waals surface area contributed by atoms with Crippen LogP contribution in [0.5, 0.6) is 0 Å². The summed E-state index contributed by atoms with van der Waals surface area (Å²) in [6.07, 6.45) is -4.54. The zero-order chi connectivity index (χ0) is 16.3. The summed E-state index contributed by atoms with van der Waals surface area (Å²) in [5.74, 6) is -0.988. The molecule has 3 rings (SSSR count). The fourth-order valence-electron chi connectivity index (χ4n) is 1.85. The van der Waals surface area contributed by atoms with Crippen LogP contribution in [0.15, 0.2) is 53.3 Å². The fourth-order valence-corrected chi connectivity index (χ4v) is 1.85. The molecule has 0 bridgehead atoms. The van der Waals surface area contributed by atoms with Crippen LogP contribution in [-0.2, 0) is 10.9 Å². The van der Waals surface area contributed by atoms with Crippen LogP contribution < -0.4 is 5.43 Å². The molecular weight excluding hydrogens is 297 g/mol. The van der Waals surface area contributed by atoms with Crippen LogP contribution in [0.1, 0.15) is 15.9 Å². The molecule has 0 aliphatic rings. The molecule has 0 saturated carbocycles. The Bertz CT molecular complexity index is 781. The SMILES string of the molecule is COC(=O)c1ccccc1C(F)(F)F.O=c1c2ccccc12. The van der Waals surface area contributed by atoms with Crippen molar-refractivity contribution in [3.8, 4) is 0 Å². The third kappa shape index (κ3) is 3.33. The van der Waals surface area contributed by atoms with Crippen LogP contribution >= 0.6 is 0 Å². The number of methoxy groups -OCH3 is 1. The van der Waals surface area contributed by atoms with Crippen LogP contribution in [0.2, 0.25) is 0 Å². The molecule has 114 valence electrons. The molecule has 22 heavy (non-hydrogen) atoms. The topological polar surface area (TPSA) is 43.4 Å². The number of benzene rings is 2. The van der Waals surface area contributed by atoms with E-state index < -0.39 is 23.3 Å². The van der Waals surface area contributed by atoms with Crippen molar-refractivity contribution >= 4 is 16.7 Å². The standard InChI is InChI=1S/C9H7F3O2.C7H4O/c1-14-8(13)6-4-2-3-5-7(6)9(10,11)12;8-7-5-3-1-2-4-6(5)7/h2-5H,1H3;1-4H. The summed E-state index contributed by atoms with van der Waals surface area (Å²) in [4.78, 5) is 21.5. The highest BCUT2D eigenvalue weighted by Gasteiger charge is 2.35. The van der Waals surface area contributed by atoms with Gasteiger partial charge in [0, 0.05) is 10.8 Å². The maximum atomic E-state index is 12.3. The van der Waals surface area contributed by atoms with Crippen molar-refractivity contribution in [1.29, 1.82) is 0 Å². The number of hydrogen-bond donors (Lipinski definition) is 0. The highest BCUT2D eigenvalue weighted by atomic mass is 19.4. The van der Waals surface area contributed by atoms with E-state index in [4.69, 9.17) is 0 Å². The van der Waals surface area contributed by atoms with Crippen LogP contribution in [0.3, 0.4) is 0 Å². The first-order valence-corrected chi connectivity index (χ1v) is 6.24. The van der Waals surface area contributed by atoms with Gasteiger partial charge in [0.1, 0.15) is 0 Å². The first-order chi connectivity index (χ1) is 10.4. The van der Waals surface area contributed by atoms with Gasteiger partial charge in [-0.15, -0.1) is 0 Å². The number of ether oxygens (including phenoxy) is 1. The molecule has 0 saturated heterocycles. The molecule has 0 aromatic heterocycles. The minimum atomic E-state index is -4.54. The predicted octanol–water partition coefficient (Wildman–Crippen LogP) is 3.57. The van der Waals surface area contributed by atoms with E-state index in [1.807, 2.05) is 24.3 Å². The van der Waals surface area contributed by atoms with Gasteiger partial charge >= 0.3 is 12.1 Å². The third-order valence-electron chi connectivity index (χ3n) is 2.99. The summed E-state index contributed by atoms with van der Waals surface area (Å²) in [6, 6.07) is 11.9. The molecule has 0 aliphatic carbocycles. The quantitative estimate of drug-likeness (QED) is 0.646. The number of carbonyl (C=O) groups excluding carboxylic acids is 1. The number of esters is 1. The Balaban J connectivity index is 0.000000183. The Morgan fingerprint density at radius 3 is 1.91 bits per heavy atom. The maximum absolute atomic E-state index is 12.3. The molecule has 0 atom stereocenters. The monoisotopic (exact) mass is 308 g/mol. The lowest BCUT2D eigenvalue weighted by atomic mass is 10.1. The van der Waals surface area contributed by atoms with Gasteiger partial charge in [0.15, 0.2) is 5.43 Å². The maximum Gasteiger partial charge on any atom is 0.417 e. The molecule has 0 spiro atoms. The molecule has 0 amide bonds. The largest absolute Gasteiger partial charge is 0.465 e. The average molecular weight is 308 g/mol. The molecule has 3 nitrogen and oxygen atoms in total. The Hall–Kier alpha value is -2.63. The number of fused-ring (bicyclic) bond motifs is 1. The second-order valence-electron chi connectivity index (χ2n) is 4.41. The van der Waals surface area contributed by atoms with Crippen LogP contribution in [0.25, 0.3) is 10.8 Å². The third-order valence-corrected chi connectivity index (χ3v) is 2.99. The van der Waals surface area contributed by atoms with Crippen molar-refractivity contribution in [3.63, 3.8) is 0 Å². The van der Waals surface area contributed by atoms with Crippen molar-refractivity contribution in [2.45, 2.75) is 6.18 Å². The van der Waals surface area contributed by atoms with E-state index in [1.165, 1.54) is 12.1 Å². The second-order valence-corrected chi connectivity index (χ2v) is 4.41. The number of alkyl halides is 3. The first kappa shape index (κ1) is 15.8. The summed E-state index contributed by atoms with van der Waals surface area (Å²) in [7, 11) is 1.04. The number of hydrogen-bond acceptors (Lipinski definition) is 3. The van der Waals surface area contributed by atoms with Gasteiger partial charge < -0.3 is 4.74 Å². The lowest BCUT2D eigenvalue weighted by Crippen LogP contribution is -2.13. The van der Waals surface area contributed by atoms with Gasteiger partial charge in [-0.25, -0.2) is 4.79 Å². The van der Waals surface area contributed by atoms with Crippen molar-refractivity contribution < 1.29 is 22.7 Å². The van der Waals surface area contributed by atoms with Crippen molar-refractivity contribution in [3.05, 3.63) is 69.9 Å². The molecule has 0 fully saturated rings. The molecule has 0 unspecified atom stereocenters. The van der Waals surface area contributed by atoms with Crippen molar-refractivity contribution in [2.24, 2.45) is 0 Å². The van der Waals surface area contributed by atoms with Crippen molar-refractivity contribution in [2.75, 3.05) is 7.11 Å². The summed E-state index contributed by atoms with van der Waals surface area (Å²) < 4.78 is 41.2. The molecule has 0 heterocycles. The van der Waals surface area contributed by atoms with Gasteiger partial charge in [-0.05, 0) is 12.1 Å². The minimum Gasteiger partial charge on any atom is -0.465 e. The van der Waals surface area contributed by atoms with E-state index in [0.29, 0.717) is 0 Å². The van der Waals surface area contributed by atoms with Gasteiger partial charge in [-0.3, -0.25) is 4.79 Å². The zero-order valence-electron chi connectivity index (χ0n) is 11.5. The average Bonchev–Trinajstić information content (AvgIpc) is 3.17. The second kappa shape index (κ2) is 6.01. The van der Waals surface area contributed by atoms with Crippen LogP contribution in [0.4, 0.5) is 13.2 Å². The van der Waals surface area contributed by atoms with Gasteiger partial charge in [-0.2, -0.15) is 13.2 Å². The fraction of sp³-hybridized carbons (Fsp3) is 0.125. The molecule has 6 heteroatoms. The van der Waals surface area contributed by atoms with Crippen molar-refractivity contribution in [1.82, 2.24) is 0 Å². The molecule has 0 radical (unpaired) electrons. The normalized spacial score (nSPS) is 11.1. The van der Waals surface area contributed by atoms with E-state index in [0.717, 1.165) is 30.0 Å². The lowest BCUT2D eigenvalue weighted by Gasteiger charge is -2.10. The Labute approximate surface area is 123 Å². The number of rotatable bonds is 1. The summed E-state index contributed by atoms with van der Waals surface area (Å²) >= 11 is 0. The Morgan fingerprint density at radius 1 is 0.955 bits per heavy atom. The summed E-state index contributed by atoms with van der Waals surface area (Å²) in [6.45, 7) is 0. The minimum absolute atomic E-state index is 0.218. The lowest BCUT2D eigenvalue weighted by molar-refractivity contribution is -0.138. The van der Waals surface area contributed by atoms with E-state index in [2.05, 4.69) is 4.74 Å². The van der Waals surface area contributed by atoms with Gasteiger partial charge in [0.2, 0.25) is 0 Å². The van der Waals surface area contributed by atoms with E-state index in [9.17, 15) is 22.8 Å². The van der Waals surface area contributed by atoms with Gasteiger partial charge in [-0.1, -0.05) is 36.4 Å². The highest BCUT2D eigenvalue weighted by Crippen LogP contribution is 2.31. The van der Waals surface area contributed by atoms with E-state index in [-0.39, 0.29) is 5.43 Å². The zero-order valence-corrected chi connectivity index (χ0v) is 11.5. The van der Waals surface area contributed by atoms with Gasteiger partial charge in [0.25, 0.3) is 0 Å². The Morgan fingerprint density at radius 2 is 1.45 bits per heavy atom. The Kier molecular flexibility index (Phi) is 4.30. The predicted molar refractivity (Wildman–Crippen MR) is 75.4 cm³/mol. The summed E-state index contributed by atoms with van der Waals surface area (Å²) in [5, 5.41) is 1.79. The smallest absolute Gasteiger partial charge is 0.417 e. The van der Waals surface area contributed by atoms with E-state index in [1.54, 1.807) is 0 Å². The molecule has 0 N–H and O–H groups in total. The van der Waals surface area contributed by atoms with E-state index >= 15 is 0 Å². The van der Waals surface area contributed by atoms with Crippen LogP contribution in [0, 0.1) is 0 Å². The molecule has 3 aromatic carbocycles. The first-order valence-electron chi connectivity index (χ1n) is 6.24. The number of halogens is 3. The summed E-state index contributed by atoms with van der Waals surface area (Å²) in [5.41, 5.74) is -1.23. The molecule has 3 aromatic rings. The van der Waals surface area contributed by atoms with Gasteiger partial charge in [0.05, 0.1) is 18.2 Å². The van der Waals surface area contributed by atoms with Crippen LogP contribution in [-0.4, -0.2) is 13.1 Å².